The SMILES string of the molecule is CC(=O)[C@H]1O[C@@H]1c1ccc([N+](=O)[O-])cc1[N+](=O)[O-]. The number of carbonyl (C=O) groups is 1. The van der Waals surface area contributed by atoms with E-state index in [2.05, 4.69) is 0 Å². The molecule has 18 heavy (non-hydrogen) atoms. The molecule has 1 aliphatic heterocycles. The van der Waals surface area contributed by atoms with Crippen LogP contribution in [0.25, 0.3) is 0 Å². The zero-order valence-corrected chi connectivity index (χ0v) is 9.23. The van der Waals surface area contributed by atoms with Crippen molar-refractivity contribution in [2.24, 2.45) is 0 Å². The Morgan fingerprint density at radius 2 is 1.94 bits per heavy atom. The molecule has 1 saturated heterocycles. The summed E-state index contributed by atoms with van der Waals surface area (Å²) in [6.07, 6.45) is -1.37. The lowest BCUT2D eigenvalue weighted by Gasteiger charge is -1.99. The van der Waals surface area contributed by atoms with E-state index in [4.69, 9.17) is 4.74 Å². The minimum atomic E-state index is -0.721. The van der Waals surface area contributed by atoms with Gasteiger partial charge in [-0.05, 0) is 13.0 Å². The van der Waals surface area contributed by atoms with Gasteiger partial charge in [-0.3, -0.25) is 25.0 Å². The standard InChI is InChI=1S/C10H8N2O6/c1-5(13)9-10(18-9)7-3-2-6(11(14)15)4-8(7)12(16)17/h2-4,9-10H,1H3/t9-,10-/m1/s1. The molecule has 2 atom stereocenters. The first-order valence-electron chi connectivity index (χ1n) is 5.00. The van der Waals surface area contributed by atoms with Crippen molar-refractivity contribution >= 4 is 17.2 Å². The number of ketones is 1. The number of nitro groups is 2. The van der Waals surface area contributed by atoms with Crippen molar-refractivity contribution in [3.8, 4) is 0 Å². The third-order valence-electron chi connectivity index (χ3n) is 2.62. The quantitative estimate of drug-likeness (QED) is 0.455. The van der Waals surface area contributed by atoms with Crippen LogP contribution >= 0.6 is 0 Å². The number of nitro benzene ring substituents is 2. The van der Waals surface area contributed by atoms with Gasteiger partial charge >= 0.3 is 0 Å². The third-order valence-corrected chi connectivity index (χ3v) is 2.62. The summed E-state index contributed by atoms with van der Waals surface area (Å²) in [5, 5.41) is 21.4. The van der Waals surface area contributed by atoms with Gasteiger partial charge in [0.15, 0.2) is 5.78 Å². The largest absolute Gasteiger partial charge is 0.356 e. The van der Waals surface area contributed by atoms with Gasteiger partial charge < -0.3 is 4.74 Å². The Balaban J connectivity index is 2.40. The highest BCUT2D eigenvalue weighted by Crippen LogP contribution is 2.44. The van der Waals surface area contributed by atoms with Crippen molar-refractivity contribution in [3.05, 3.63) is 44.0 Å². The first kappa shape index (κ1) is 12.1. The van der Waals surface area contributed by atoms with Crippen molar-refractivity contribution in [3.63, 3.8) is 0 Å². The molecule has 0 saturated carbocycles. The zero-order valence-electron chi connectivity index (χ0n) is 9.23. The molecular weight excluding hydrogens is 244 g/mol. The van der Waals surface area contributed by atoms with Gasteiger partial charge in [0, 0.05) is 6.07 Å². The van der Waals surface area contributed by atoms with E-state index in [1.54, 1.807) is 0 Å². The first-order chi connectivity index (χ1) is 8.41. The van der Waals surface area contributed by atoms with Crippen molar-refractivity contribution < 1.29 is 19.4 Å². The van der Waals surface area contributed by atoms with Gasteiger partial charge in [-0.15, -0.1) is 0 Å². The molecule has 0 spiro atoms. The maximum absolute atomic E-state index is 11.0. The monoisotopic (exact) mass is 252 g/mol. The molecule has 1 aromatic rings. The second-order valence-electron chi connectivity index (χ2n) is 3.85. The number of benzene rings is 1. The molecule has 1 aliphatic rings. The van der Waals surface area contributed by atoms with Crippen LogP contribution in [0.2, 0.25) is 0 Å². The van der Waals surface area contributed by atoms with E-state index in [9.17, 15) is 25.0 Å². The smallest absolute Gasteiger partial charge is 0.282 e. The van der Waals surface area contributed by atoms with Crippen molar-refractivity contribution in [1.29, 1.82) is 0 Å². The summed E-state index contributed by atoms with van der Waals surface area (Å²) in [5.74, 6) is -0.229. The second kappa shape index (κ2) is 4.15. The lowest BCUT2D eigenvalue weighted by Crippen LogP contribution is -2.03. The molecule has 0 amide bonds. The van der Waals surface area contributed by atoms with Gasteiger partial charge in [0.1, 0.15) is 12.2 Å². The topological polar surface area (TPSA) is 116 Å². The van der Waals surface area contributed by atoms with Gasteiger partial charge in [-0.2, -0.15) is 0 Å². The number of Topliss-reactive ketones (excluding diaryl/α,β-unsaturated/α-hetero) is 1. The highest BCUT2D eigenvalue weighted by Gasteiger charge is 2.47. The fourth-order valence-corrected chi connectivity index (χ4v) is 1.70. The Hall–Kier alpha value is -2.35. The summed E-state index contributed by atoms with van der Waals surface area (Å²) in [6, 6.07) is 3.28. The van der Waals surface area contributed by atoms with Crippen LogP contribution in [-0.2, 0) is 9.53 Å². The minimum Gasteiger partial charge on any atom is -0.356 e. The van der Waals surface area contributed by atoms with Crippen LogP contribution in [0.1, 0.15) is 18.6 Å². The molecule has 2 rings (SSSR count). The molecule has 0 unspecified atom stereocenters. The van der Waals surface area contributed by atoms with Gasteiger partial charge in [0.25, 0.3) is 11.4 Å². The molecule has 0 N–H and O–H groups in total. The molecule has 1 aromatic carbocycles. The van der Waals surface area contributed by atoms with Crippen LogP contribution < -0.4 is 0 Å². The van der Waals surface area contributed by atoms with E-state index < -0.39 is 27.7 Å². The van der Waals surface area contributed by atoms with E-state index in [1.807, 2.05) is 0 Å². The predicted octanol–water partition coefficient (Wildman–Crippen LogP) is 1.53. The van der Waals surface area contributed by atoms with E-state index in [0.717, 1.165) is 12.1 Å². The van der Waals surface area contributed by atoms with Gasteiger partial charge in [0.05, 0.1) is 21.5 Å². The summed E-state index contributed by atoms with van der Waals surface area (Å²) >= 11 is 0. The Bertz CT molecular complexity index is 555. The average Bonchev–Trinajstić information content (AvgIpc) is 3.07. The van der Waals surface area contributed by atoms with Crippen LogP contribution in [0, 0.1) is 20.2 Å². The molecule has 1 heterocycles. The third kappa shape index (κ3) is 2.05. The highest BCUT2D eigenvalue weighted by molar-refractivity contribution is 5.84. The number of hydrogen-bond acceptors (Lipinski definition) is 6. The van der Waals surface area contributed by atoms with Crippen LogP contribution in [0.3, 0.4) is 0 Å². The number of rotatable bonds is 4. The lowest BCUT2D eigenvalue weighted by molar-refractivity contribution is -0.394. The molecule has 0 bridgehead atoms. The number of epoxide rings is 1. The number of hydrogen-bond donors (Lipinski definition) is 0. The van der Waals surface area contributed by atoms with E-state index >= 15 is 0 Å². The Labute approximate surface area is 100 Å². The molecule has 8 heteroatoms. The van der Waals surface area contributed by atoms with Gasteiger partial charge in [-0.25, -0.2) is 0 Å². The number of nitrogens with zero attached hydrogens (tertiary/aromatic N) is 2. The fraction of sp³-hybridized carbons (Fsp3) is 0.300. The van der Waals surface area contributed by atoms with Crippen LogP contribution in [0.5, 0.6) is 0 Å². The lowest BCUT2D eigenvalue weighted by atomic mass is 10.1. The normalized spacial score (nSPS) is 21.4. The molecule has 1 fully saturated rings. The summed E-state index contributed by atoms with van der Waals surface area (Å²) in [4.78, 5) is 31.0. The molecule has 0 aromatic heterocycles. The maximum atomic E-state index is 11.0. The highest BCUT2D eigenvalue weighted by atomic mass is 16.6. The van der Waals surface area contributed by atoms with Crippen LogP contribution in [0.15, 0.2) is 18.2 Å². The zero-order chi connectivity index (χ0) is 13.4. The summed E-state index contributed by atoms with van der Waals surface area (Å²) < 4.78 is 5.03. The first-order valence-corrected chi connectivity index (χ1v) is 5.00. The second-order valence-corrected chi connectivity index (χ2v) is 3.85. The fourth-order valence-electron chi connectivity index (χ4n) is 1.70. The summed E-state index contributed by atoms with van der Waals surface area (Å²) in [5.41, 5.74) is -0.589. The Kier molecular flexibility index (Phi) is 2.79. The van der Waals surface area contributed by atoms with Crippen molar-refractivity contribution in [2.45, 2.75) is 19.1 Å². The van der Waals surface area contributed by atoms with Gasteiger partial charge in [0.2, 0.25) is 0 Å². The average molecular weight is 252 g/mol. The van der Waals surface area contributed by atoms with Crippen molar-refractivity contribution in [1.82, 2.24) is 0 Å². The maximum Gasteiger partial charge on any atom is 0.282 e. The summed E-state index contributed by atoms with van der Waals surface area (Å²) in [6.45, 7) is 1.32. The number of non-ortho nitro benzene ring substituents is 1. The number of carbonyl (C=O) groups excluding carboxylic acids is 1. The van der Waals surface area contributed by atoms with Crippen LogP contribution in [0.4, 0.5) is 11.4 Å². The molecule has 94 valence electrons. The molecule has 0 radical (unpaired) electrons. The van der Waals surface area contributed by atoms with Crippen molar-refractivity contribution in [2.75, 3.05) is 0 Å². The Morgan fingerprint density at radius 1 is 1.28 bits per heavy atom. The molecule has 0 aliphatic carbocycles. The number of ether oxygens (including phenoxy) is 1. The van der Waals surface area contributed by atoms with Crippen LogP contribution in [-0.4, -0.2) is 21.7 Å². The van der Waals surface area contributed by atoms with E-state index in [1.165, 1.54) is 13.0 Å². The Morgan fingerprint density at radius 3 is 2.39 bits per heavy atom. The minimum absolute atomic E-state index is 0.186. The predicted molar refractivity (Wildman–Crippen MR) is 58.0 cm³/mol. The summed E-state index contributed by atoms with van der Waals surface area (Å²) in [7, 11) is 0. The van der Waals surface area contributed by atoms with E-state index in [-0.39, 0.29) is 17.0 Å². The van der Waals surface area contributed by atoms with Gasteiger partial charge in [-0.1, -0.05) is 0 Å². The van der Waals surface area contributed by atoms with E-state index in [0.29, 0.717) is 0 Å². The molecular formula is C10H8N2O6. The molecule has 8 nitrogen and oxygen atoms in total.